The molecule has 2 nitrogen and oxygen atoms in total. The van der Waals surface area contributed by atoms with Gasteiger partial charge in [0.05, 0.1) is 4.83 Å². The second kappa shape index (κ2) is 4.53. The van der Waals surface area contributed by atoms with Crippen molar-refractivity contribution >= 4 is 27.5 Å². The Kier molecular flexibility index (Phi) is 3.28. The van der Waals surface area contributed by atoms with Crippen molar-refractivity contribution in [3.05, 3.63) is 29.6 Å². The fourth-order valence-electron chi connectivity index (χ4n) is 1.96. The molecule has 86 valence electrons. The number of aryl methyl sites for hydroxylation is 1. The molecule has 1 atom stereocenters. The van der Waals surface area contributed by atoms with Gasteiger partial charge in [-0.05, 0) is 43.5 Å². The van der Waals surface area contributed by atoms with Crippen LogP contribution in [0.2, 0.25) is 0 Å². The molecule has 0 aliphatic carbocycles. The first-order valence-electron chi connectivity index (χ1n) is 5.30. The fourth-order valence-corrected chi connectivity index (χ4v) is 2.53. The van der Waals surface area contributed by atoms with E-state index in [0.717, 1.165) is 18.4 Å². The van der Waals surface area contributed by atoms with Crippen molar-refractivity contribution < 1.29 is 9.18 Å². The van der Waals surface area contributed by atoms with E-state index >= 15 is 0 Å². The molecule has 1 aliphatic heterocycles. The first-order chi connectivity index (χ1) is 7.58. The minimum absolute atomic E-state index is 0.0243. The molecule has 1 aromatic rings. The number of piperidine rings is 1. The number of alkyl halides is 1. The third kappa shape index (κ3) is 2.26. The summed E-state index contributed by atoms with van der Waals surface area (Å²) in [4.78, 5) is 13.4. The molecule has 16 heavy (non-hydrogen) atoms. The Balaban J connectivity index is 2.32. The molecule has 1 amide bonds. The van der Waals surface area contributed by atoms with Crippen LogP contribution in [0.4, 0.5) is 10.1 Å². The highest BCUT2D eigenvalue weighted by atomic mass is 79.9. The van der Waals surface area contributed by atoms with Crippen molar-refractivity contribution in [2.24, 2.45) is 0 Å². The lowest BCUT2D eigenvalue weighted by Gasteiger charge is -2.30. The molecule has 0 aromatic heterocycles. The van der Waals surface area contributed by atoms with Crippen LogP contribution in [-0.2, 0) is 4.79 Å². The largest absolute Gasteiger partial charge is 0.311 e. The van der Waals surface area contributed by atoms with Gasteiger partial charge in [-0.25, -0.2) is 4.39 Å². The van der Waals surface area contributed by atoms with E-state index in [-0.39, 0.29) is 16.6 Å². The molecule has 1 fully saturated rings. The number of carbonyl (C=O) groups excluding carboxylic acids is 1. The van der Waals surface area contributed by atoms with Gasteiger partial charge in [0.25, 0.3) is 0 Å². The Morgan fingerprint density at radius 1 is 1.44 bits per heavy atom. The van der Waals surface area contributed by atoms with E-state index in [1.807, 2.05) is 13.0 Å². The molecule has 0 bridgehead atoms. The monoisotopic (exact) mass is 285 g/mol. The van der Waals surface area contributed by atoms with Crippen LogP contribution in [0, 0.1) is 12.7 Å². The van der Waals surface area contributed by atoms with Crippen LogP contribution in [0.5, 0.6) is 0 Å². The molecular formula is C12H13BrFNO. The summed E-state index contributed by atoms with van der Waals surface area (Å²) >= 11 is 3.34. The van der Waals surface area contributed by atoms with Gasteiger partial charge >= 0.3 is 0 Å². The summed E-state index contributed by atoms with van der Waals surface area (Å²) in [5.74, 6) is -0.268. The summed E-state index contributed by atoms with van der Waals surface area (Å²) in [6, 6.07) is 4.71. The van der Waals surface area contributed by atoms with Crippen LogP contribution in [0.1, 0.15) is 18.4 Å². The summed E-state index contributed by atoms with van der Waals surface area (Å²) in [5.41, 5.74) is 1.49. The second-order valence-corrected chi connectivity index (χ2v) is 5.19. The highest BCUT2D eigenvalue weighted by molar-refractivity contribution is 9.10. The molecule has 4 heteroatoms. The van der Waals surface area contributed by atoms with Gasteiger partial charge in [0.1, 0.15) is 5.82 Å². The molecule has 1 unspecified atom stereocenters. The van der Waals surface area contributed by atoms with Crippen LogP contribution in [0.15, 0.2) is 18.2 Å². The predicted octanol–water partition coefficient (Wildman–Crippen LogP) is 3.02. The molecule has 1 aliphatic rings. The number of benzene rings is 1. The Morgan fingerprint density at radius 2 is 2.19 bits per heavy atom. The summed E-state index contributed by atoms with van der Waals surface area (Å²) in [5, 5.41) is 0. The maximum atomic E-state index is 13.3. The lowest BCUT2D eigenvalue weighted by Crippen LogP contribution is -2.41. The van der Waals surface area contributed by atoms with Crippen molar-refractivity contribution in [1.82, 2.24) is 0 Å². The van der Waals surface area contributed by atoms with Gasteiger partial charge in [-0.1, -0.05) is 15.9 Å². The van der Waals surface area contributed by atoms with Crippen molar-refractivity contribution in [3.8, 4) is 0 Å². The number of hydrogen-bond acceptors (Lipinski definition) is 1. The zero-order valence-electron chi connectivity index (χ0n) is 9.04. The van der Waals surface area contributed by atoms with Crippen molar-refractivity contribution in [2.75, 3.05) is 11.4 Å². The smallest absolute Gasteiger partial charge is 0.240 e. The van der Waals surface area contributed by atoms with Gasteiger partial charge < -0.3 is 4.90 Å². The lowest BCUT2D eigenvalue weighted by atomic mass is 10.1. The molecule has 0 saturated carbocycles. The molecule has 0 radical (unpaired) electrons. The predicted molar refractivity (Wildman–Crippen MR) is 65.4 cm³/mol. The van der Waals surface area contributed by atoms with Gasteiger partial charge in [-0.15, -0.1) is 0 Å². The molecule has 0 spiro atoms. The van der Waals surface area contributed by atoms with Gasteiger partial charge in [-0.3, -0.25) is 4.79 Å². The molecule has 2 rings (SSSR count). The summed E-state index contributed by atoms with van der Waals surface area (Å²) < 4.78 is 13.3. The first-order valence-corrected chi connectivity index (χ1v) is 6.22. The normalized spacial score (nSPS) is 21.3. The van der Waals surface area contributed by atoms with Gasteiger partial charge in [-0.2, -0.15) is 0 Å². The summed E-state index contributed by atoms with van der Waals surface area (Å²) in [6.07, 6.45) is 1.79. The fraction of sp³-hybridized carbons (Fsp3) is 0.417. The first kappa shape index (κ1) is 11.6. The van der Waals surface area contributed by atoms with Crippen LogP contribution in [-0.4, -0.2) is 17.3 Å². The zero-order valence-corrected chi connectivity index (χ0v) is 10.6. The number of nitrogens with zero attached hydrogens (tertiary/aromatic N) is 1. The minimum atomic E-state index is -0.292. The molecule has 0 N–H and O–H groups in total. The van der Waals surface area contributed by atoms with Crippen molar-refractivity contribution in [2.45, 2.75) is 24.6 Å². The van der Waals surface area contributed by atoms with Crippen LogP contribution in [0.3, 0.4) is 0 Å². The Hall–Kier alpha value is -0.900. The third-order valence-corrected chi connectivity index (χ3v) is 3.56. The number of halogens is 2. The van der Waals surface area contributed by atoms with Gasteiger partial charge in [0.15, 0.2) is 0 Å². The third-order valence-electron chi connectivity index (χ3n) is 2.71. The Morgan fingerprint density at radius 3 is 2.88 bits per heavy atom. The lowest BCUT2D eigenvalue weighted by molar-refractivity contribution is -0.118. The van der Waals surface area contributed by atoms with Crippen LogP contribution >= 0.6 is 15.9 Å². The van der Waals surface area contributed by atoms with E-state index in [0.29, 0.717) is 12.2 Å². The van der Waals surface area contributed by atoms with Crippen LogP contribution in [0.25, 0.3) is 0 Å². The molecule has 1 saturated heterocycles. The van der Waals surface area contributed by atoms with Gasteiger partial charge in [0, 0.05) is 12.2 Å². The van der Waals surface area contributed by atoms with E-state index in [9.17, 15) is 9.18 Å². The van der Waals surface area contributed by atoms with E-state index in [1.54, 1.807) is 4.90 Å². The number of rotatable bonds is 1. The van der Waals surface area contributed by atoms with E-state index in [1.165, 1.54) is 12.1 Å². The Bertz CT molecular complexity index is 401. The quantitative estimate of drug-likeness (QED) is 0.727. The van der Waals surface area contributed by atoms with E-state index in [2.05, 4.69) is 15.9 Å². The number of hydrogen-bond donors (Lipinski definition) is 0. The van der Waals surface area contributed by atoms with Gasteiger partial charge in [0.2, 0.25) is 5.91 Å². The number of amides is 1. The zero-order chi connectivity index (χ0) is 11.7. The molecular weight excluding hydrogens is 273 g/mol. The minimum Gasteiger partial charge on any atom is -0.311 e. The van der Waals surface area contributed by atoms with E-state index in [4.69, 9.17) is 0 Å². The molecule has 1 aromatic carbocycles. The summed E-state index contributed by atoms with van der Waals surface area (Å²) in [6.45, 7) is 2.50. The number of anilines is 1. The van der Waals surface area contributed by atoms with Crippen molar-refractivity contribution in [1.29, 1.82) is 0 Å². The average Bonchev–Trinajstić information content (AvgIpc) is 2.20. The van der Waals surface area contributed by atoms with Crippen molar-refractivity contribution in [3.63, 3.8) is 0 Å². The average molecular weight is 286 g/mol. The maximum Gasteiger partial charge on any atom is 0.240 e. The van der Waals surface area contributed by atoms with E-state index < -0.39 is 0 Å². The Labute approximate surface area is 103 Å². The van der Waals surface area contributed by atoms with Crippen LogP contribution < -0.4 is 4.90 Å². The highest BCUT2D eigenvalue weighted by Gasteiger charge is 2.27. The summed E-state index contributed by atoms with van der Waals surface area (Å²) in [7, 11) is 0. The second-order valence-electron chi connectivity index (χ2n) is 4.09. The SMILES string of the molecule is Cc1cc(F)cc(N2CCCC(Br)C2=O)c1. The maximum absolute atomic E-state index is 13.3. The topological polar surface area (TPSA) is 20.3 Å². The highest BCUT2D eigenvalue weighted by Crippen LogP contribution is 2.26. The number of carbonyl (C=O) groups is 1. The standard InChI is InChI=1S/C12H13BrFNO/c1-8-5-9(14)7-10(6-8)15-4-2-3-11(13)12(15)16/h5-7,11H,2-4H2,1H3. The molecule has 1 heterocycles.